The monoisotopic (exact) mass is 176 g/mol. The maximum atomic E-state index is 5.41. The van der Waals surface area contributed by atoms with Crippen LogP contribution < -0.4 is 11.1 Å². The van der Waals surface area contributed by atoms with E-state index in [2.05, 4.69) is 25.3 Å². The van der Waals surface area contributed by atoms with Gasteiger partial charge in [-0.05, 0) is 0 Å². The molecule has 2 rings (SSSR count). The molecule has 0 unspecified atom stereocenters. The van der Waals surface area contributed by atoms with Gasteiger partial charge >= 0.3 is 0 Å². The Balaban J connectivity index is 2.77. The van der Waals surface area contributed by atoms with E-state index in [1.807, 2.05) is 0 Å². The molecule has 0 amide bonds. The molecular formula is C7H8N6. The summed E-state index contributed by atoms with van der Waals surface area (Å²) in [6.07, 6.45) is 3.03. The summed E-state index contributed by atoms with van der Waals surface area (Å²) in [7, 11) is 1.78. The lowest BCUT2D eigenvalue weighted by molar-refractivity contribution is 1.14. The molecule has 0 fully saturated rings. The van der Waals surface area contributed by atoms with E-state index < -0.39 is 0 Å². The molecule has 0 saturated carbocycles. The van der Waals surface area contributed by atoms with Crippen molar-refractivity contribution >= 4 is 22.8 Å². The molecule has 6 heteroatoms. The van der Waals surface area contributed by atoms with Gasteiger partial charge in [0, 0.05) is 13.2 Å². The van der Waals surface area contributed by atoms with E-state index in [1.165, 1.54) is 6.33 Å². The molecule has 0 aliphatic rings. The van der Waals surface area contributed by atoms with Crippen LogP contribution in [0.25, 0.3) is 11.0 Å². The molecule has 0 aromatic carbocycles. The van der Waals surface area contributed by atoms with Gasteiger partial charge in [-0.25, -0.2) is 15.0 Å². The van der Waals surface area contributed by atoms with Gasteiger partial charge in [-0.2, -0.15) is 4.98 Å². The van der Waals surface area contributed by atoms with E-state index in [0.29, 0.717) is 11.5 Å². The second-order valence-corrected chi connectivity index (χ2v) is 2.44. The number of nitrogen functional groups attached to an aromatic ring is 1. The van der Waals surface area contributed by atoms with Crippen molar-refractivity contribution in [1.29, 1.82) is 0 Å². The molecule has 66 valence electrons. The highest BCUT2D eigenvalue weighted by molar-refractivity contribution is 5.85. The summed E-state index contributed by atoms with van der Waals surface area (Å²) >= 11 is 0. The number of nitrogens with zero attached hydrogens (tertiary/aromatic N) is 4. The normalized spacial score (nSPS) is 10.2. The Morgan fingerprint density at radius 2 is 2.15 bits per heavy atom. The van der Waals surface area contributed by atoms with Crippen molar-refractivity contribution < 1.29 is 0 Å². The highest BCUT2D eigenvalue weighted by atomic mass is 15.1. The maximum Gasteiger partial charge on any atom is 0.222 e. The van der Waals surface area contributed by atoms with Crippen LogP contribution in [0.15, 0.2) is 12.5 Å². The number of nitrogens with one attached hydrogen (secondary N) is 1. The van der Waals surface area contributed by atoms with Crippen LogP contribution in [0.3, 0.4) is 0 Å². The first kappa shape index (κ1) is 7.66. The zero-order chi connectivity index (χ0) is 9.26. The molecule has 0 bridgehead atoms. The molecule has 0 saturated heterocycles. The Hall–Kier alpha value is -1.98. The second kappa shape index (κ2) is 2.81. The van der Waals surface area contributed by atoms with Crippen LogP contribution in [0.4, 0.5) is 11.8 Å². The first-order valence-corrected chi connectivity index (χ1v) is 3.72. The molecular weight excluding hydrogens is 168 g/mol. The van der Waals surface area contributed by atoms with Crippen LogP contribution in [0.2, 0.25) is 0 Å². The fraction of sp³-hybridized carbons (Fsp3) is 0.143. The number of aromatic nitrogens is 4. The number of nitrogens with two attached hydrogens (primary N) is 1. The summed E-state index contributed by atoms with van der Waals surface area (Å²) < 4.78 is 0. The van der Waals surface area contributed by atoms with Crippen molar-refractivity contribution in [1.82, 2.24) is 19.9 Å². The van der Waals surface area contributed by atoms with Gasteiger partial charge in [-0.15, -0.1) is 0 Å². The van der Waals surface area contributed by atoms with Crippen LogP contribution in [0.5, 0.6) is 0 Å². The van der Waals surface area contributed by atoms with E-state index in [9.17, 15) is 0 Å². The van der Waals surface area contributed by atoms with E-state index in [0.717, 1.165) is 5.39 Å². The van der Waals surface area contributed by atoms with Gasteiger partial charge in [0.15, 0.2) is 5.65 Å². The second-order valence-electron chi connectivity index (χ2n) is 2.44. The summed E-state index contributed by atoms with van der Waals surface area (Å²) in [5.74, 6) is 0.915. The minimum atomic E-state index is 0.216. The average Bonchev–Trinajstić information content (AvgIpc) is 2.16. The summed E-state index contributed by atoms with van der Waals surface area (Å²) in [5, 5.41) is 3.68. The van der Waals surface area contributed by atoms with Gasteiger partial charge in [0.25, 0.3) is 0 Å². The standard InChI is InChI=1S/C7H8N6/c1-9-5-4-2-10-7(8)13-6(4)12-3-11-5/h2-3H,1H3,(H3,8,9,10,11,12,13). The van der Waals surface area contributed by atoms with Crippen molar-refractivity contribution in [3.05, 3.63) is 12.5 Å². The van der Waals surface area contributed by atoms with Gasteiger partial charge in [-0.1, -0.05) is 0 Å². The summed E-state index contributed by atoms with van der Waals surface area (Å²) in [6.45, 7) is 0. The lowest BCUT2D eigenvalue weighted by Gasteiger charge is -2.01. The molecule has 0 aliphatic carbocycles. The zero-order valence-electron chi connectivity index (χ0n) is 7.02. The first-order chi connectivity index (χ1) is 6.31. The Morgan fingerprint density at radius 1 is 1.31 bits per heavy atom. The number of anilines is 2. The SMILES string of the molecule is CNc1ncnc2nc(N)ncc12. The summed E-state index contributed by atoms with van der Waals surface area (Å²) in [4.78, 5) is 15.8. The van der Waals surface area contributed by atoms with Gasteiger partial charge in [-0.3, -0.25) is 0 Å². The highest BCUT2D eigenvalue weighted by Gasteiger charge is 2.03. The largest absolute Gasteiger partial charge is 0.372 e. The van der Waals surface area contributed by atoms with Crippen LogP contribution in [-0.4, -0.2) is 27.0 Å². The van der Waals surface area contributed by atoms with Crippen LogP contribution >= 0.6 is 0 Å². The Labute approximate surface area is 74.2 Å². The van der Waals surface area contributed by atoms with Gasteiger partial charge in [0.05, 0.1) is 5.39 Å². The molecule has 13 heavy (non-hydrogen) atoms. The number of fused-ring (bicyclic) bond motifs is 1. The Bertz CT molecular complexity index is 440. The van der Waals surface area contributed by atoms with E-state index in [-0.39, 0.29) is 5.95 Å². The number of hydrogen-bond donors (Lipinski definition) is 2. The molecule has 0 aliphatic heterocycles. The lowest BCUT2D eigenvalue weighted by Crippen LogP contribution is -1.99. The van der Waals surface area contributed by atoms with Crippen molar-refractivity contribution in [3.63, 3.8) is 0 Å². The predicted octanol–water partition coefficient (Wildman–Crippen LogP) is 0.0437. The molecule has 2 heterocycles. The van der Waals surface area contributed by atoms with Crippen LogP contribution in [-0.2, 0) is 0 Å². The molecule has 3 N–H and O–H groups in total. The molecule has 2 aromatic rings. The van der Waals surface area contributed by atoms with Crippen LogP contribution in [0.1, 0.15) is 0 Å². The fourth-order valence-corrected chi connectivity index (χ4v) is 1.06. The molecule has 2 aromatic heterocycles. The van der Waals surface area contributed by atoms with Crippen LogP contribution in [0, 0.1) is 0 Å². The van der Waals surface area contributed by atoms with Gasteiger partial charge in [0.2, 0.25) is 5.95 Å². The van der Waals surface area contributed by atoms with Crippen molar-refractivity contribution in [3.8, 4) is 0 Å². The van der Waals surface area contributed by atoms with Gasteiger partial charge in [0.1, 0.15) is 12.1 Å². The number of rotatable bonds is 1. The minimum Gasteiger partial charge on any atom is -0.372 e. The smallest absolute Gasteiger partial charge is 0.222 e. The topological polar surface area (TPSA) is 89.6 Å². The Morgan fingerprint density at radius 3 is 2.92 bits per heavy atom. The quantitative estimate of drug-likeness (QED) is 0.637. The van der Waals surface area contributed by atoms with E-state index in [4.69, 9.17) is 5.73 Å². The zero-order valence-corrected chi connectivity index (χ0v) is 7.02. The van der Waals surface area contributed by atoms with E-state index in [1.54, 1.807) is 13.2 Å². The van der Waals surface area contributed by atoms with Crippen molar-refractivity contribution in [2.75, 3.05) is 18.1 Å². The minimum absolute atomic E-state index is 0.216. The number of hydrogen-bond acceptors (Lipinski definition) is 6. The molecule has 0 spiro atoms. The van der Waals surface area contributed by atoms with Crippen molar-refractivity contribution in [2.24, 2.45) is 0 Å². The van der Waals surface area contributed by atoms with E-state index >= 15 is 0 Å². The lowest BCUT2D eigenvalue weighted by atomic mass is 10.4. The van der Waals surface area contributed by atoms with Gasteiger partial charge < -0.3 is 11.1 Å². The highest BCUT2D eigenvalue weighted by Crippen LogP contribution is 2.15. The third kappa shape index (κ3) is 1.22. The summed E-state index contributed by atoms with van der Waals surface area (Å²) in [5.41, 5.74) is 5.96. The third-order valence-corrected chi connectivity index (χ3v) is 1.65. The Kier molecular flexibility index (Phi) is 1.66. The molecule has 0 radical (unpaired) electrons. The first-order valence-electron chi connectivity index (χ1n) is 3.72. The molecule has 6 nitrogen and oxygen atoms in total. The van der Waals surface area contributed by atoms with Crippen molar-refractivity contribution in [2.45, 2.75) is 0 Å². The third-order valence-electron chi connectivity index (χ3n) is 1.65. The maximum absolute atomic E-state index is 5.41. The predicted molar refractivity (Wildman–Crippen MR) is 49.1 cm³/mol. The fourth-order valence-electron chi connectivity index (χ4n) is 1.06. The average molecular weight is 176 g/mol. The summed E-state index contributed by atoms with van der Waals surface area (Å²) in [6, 6.07) is 0. The molecule has 0 atom stereocenters.